The highest BCUT2D eigenvalue weighted by atomic mass is 35.5. The van der Waals surface area contributed by atoms with Gasteiger partial charge in [-0.2, -0.15) is 4.31 Å². The third kappa shape index (κ3) is 4.79. The van der Waals surface area contributed by atoms with Crippen molar-refractivity contribution < 1.29 is 22.7 Å². The molecule has 194 valence electrons. The Hall–Kier alpha value is -3.12. The van der Waals surface area contributed by atoms with Crippen molar-refractivity contribution in [2.24, 2.45) is 5.92 Å². The number of anilines is 2. The number of hydrogen-bond donors (Lipinski definition) is 1. The smallest absolute Gasteiger partial charge is 0.258 e. The normalized spacial score (nSPS) is 17.9. The molecule has 1 atom stereocenters. The molecule has 10 nitrogen and oxygen atoms in total. The number of carbonyl (C=O) groups is 2. The minimum absolute atomic E-state index is 0.0417. The lowest BCUT2D eigenvalue weighted by Crippen LogP contribution is -2.43. The van der Waals surface area contributed by atoms with Crippen molar-refractivity contribution in [1.29, 1.82) is 0 Å². The first-order valence-corrected chi connectivity index (χ1v) is 13.8. The average molecular weight is 544 g/mol. The van der Waals surface area contributed by atoms with E-state index in [4.69, 9.17) is 16.3 Å². The van der Waals surface area contributed by atoms with Crippen LogP contribution in [0.3, 0.4) is 0 Å². The average Bonchev–Trinajstić information content (AvgIpc) is 3.18. The van der Waals surface area contributed by atoms with E-state index in [9.17, 15) is 18.0 Å². The van der Waals surface area contributed by atoms with Gasteiger partial charge in [-0.15, -0.1) is 0 Å². The van der Waals surface area contributed by atoms with Crippen LogP contribution in [0.4, 0.5) is 11.4 Å². The SMILES string of the molecule is COCCCN1C(=O)c2cccc3c(NC(=O)C4CCCN(S(=O)(=O)c5cnc(Cl)nc5)C4)ccc1c23. The van der Waals surface area contributed by atoms with Crippen LogP contribution in [0, 0.1) is 5.92 Å². The summed E-state index contributed by atoms with van der Waals surface area (Å²) in [5.74, 6) is -0.874. The molecule has 2 amide bonds. The Balaban J connectivity index is 1.36. The van der Waals surface area contributed by atoms with E-state index in [0.29, 0.717) is 50.2 Å². The second-order valence-electron chi connectivity index (χ2n) is 9.04. The fourth-order valence-corrected chi connectivity index (χ4v) is 6.45. The van der Waals surface area contributed by atoms with Crippen molar-refractivity contribution in [2.75, 3.05) is 43.6 Å². The number of methoxy groups -OCH3 is 1. The number of amides is 2. The van der Waals surface area contributed by atoms with Gasteiger partial charge in [0, 0.05) is 55.4 Å². The quantitative estimate of drug-likeness (QED) is 0.341. The van der Waals surface area contributed by atoms with Crippen LogP contribution in [0.15, 0.2) is 47.6 Å². The summed E-state index contributed by atoms with van der Waals surface area (Å²) in [4.78, 5) is 35.5. The number of ether oxygens (including phenoxy) is 1. The van der Waals surface area contributed by atoms with Crippen LogP contribution < -0.4 is 10.2 Å². The van der Waals surface area contributed by atoms with Gasteiger partial charge in [0.2, 0.25) is 21.2 Å². The molecule has 2 aromatic carbocycles. The number of carbonyl (C=O) groups excluding carboxylic acids is 2. The predicted molar refractivity (Wildman–Crippen MR) is 139 cm³/mol. The molecule has 1 N–H and O–H groups in total. The first-order chi connectivity index (χ1) is 17.8. The first-order valence-electron chi connectivity index (χ1n) is 12.0. The van der Waals surface area contributed by atoms with Gasteiger partial charge in [0.15, 0.2) is 0 Å². The second kappa shape index (κ2) is 10.3. The maximum Gasteiger partial charge on any atom is 0.258 e. The zero-order valence-electron chi connectivity index (χ0n) is 20.2. The van der Waals surface area contributed by atoms with Gasteiger partial charge in [-0.25, -0.2) is 18.4 Å². The Morgan fingerprint density at radius 1 is 1.22 bits per heavy atom. The van der Waals surface area contributed by atoms with Gasteiger partial charge >= 0.3 is 0 Å². The van der Waals surface area contributed by atoms with Crippen LogP contribution in [-0.2, 0) is 19.6 Å². The molecule has 5 rings (SSSR count). The lowest BCUT2D eigenvalue weighted by atomic mass is 9.98. The van der Waals surface area contributed by atoms with E-state index >= 15 is 0 Å². The highest BCUT2D eigenvalue weighted by Gasteiger charge is 2.35. The number of piperidine rings is 1. The molecule has 3 heterocycles. The molecule has 0 aliphatic carbocycles. The van der Waals surface area contributed by atoms with Gasteiger partial charge in [-0.05, 0) is 49.1 Å². The number of benzene rings is 2. The minimum atomic E-state index is -3.86. The van der Waals surface area contributed by atoms with Crippen LogP contribution in [0.1, 0.15) is 29.6 Å². The summed E-state index contributed by atoms with van der Waals surface area (Å²) < 4.78 is 32.5. The highest BCUT2D eigenvalue weighted by molar-refractivity contribution is 7.89. The maximum absolute atomic E-state index is 13.3. The fourth-order valence-electron chi connectivity index (χ4n) is 4.94. The Morgan fingerprint density at radius 2 is 2.00 bits per heavy atom. The molecule has 0 bridgehead atoms. The molecule has 37 heavy (non-hydrogen) atoms. The molecule has 12 heteroatoms. The van der Waals surface area contributed by atoms with E-state index in [2.05, 4.69) is 15.3 Å². The molecular weight excluding hydrogens is 518 g/mol. The van der Waals surface area contributed by atoms with Gasteiger partial charge in [0.05, 0.1) is 24.0 Å². The number of halogens is 1. The Labute approximate surface area is 219 Å². The van der Waals surface area contributed by atoms with Crippen LogP contribution in [0.2, 0.25) is 5.28 Å². The lowest BCUT2D eigenvalue weighted by Gasteiger charge is -2.31. The molecule has 1 saturated heterocycles. The Bertz CT molecular complexity index is 1460. The maximum atomic E-state index is 13.3. The number of hydrogen-bond acceptors (Lipinski definition) is 7. The summed E-state index contributed by atoms with van der Waals surface area (Å²) in [6.45, 7) is 1.43. The van der Waals surface area contributed by atoms with E-state index < -0.39 is 15.9 Å². The standard InChI is InChI=1S/C25H26ClN5O5S/c1-36-12-4-11-31-21-9-8-20(18-6-2-7-19(22(18)21)24(31)33)29-23(32)16-5-3-10-30(15-16)37(34,35)17-13-27-25(26)28-14-17/h2,6-9,13-14,16H,3-5,10-12,15H2,1H3,(H,29,32). The van der Waals surface area contributed by atoms with Crippen molar-refractivity contribution in [3.63, 3.8) is 0 Å². The van der Waals surface area contributed by atoms with Crippen molar-refractivity contribution in [3.8, 4) is 0 Å². The van der Waals surface area contributed by atoms with Crippen molar-refractivity contribution in [1.82, 2.24) is 14.3 Å². The predicted octanol–water partition coefficient (Wildman–Crippen LogP) is 3.32. The summed E-state index contributed by atoms with van der Waals surface area (Å²) in [5.41, 5.74) is 1.99. The lowest BCUT2D eigenvalue weighted by molar-refractivity contribution is -0.120. The van der Waals surface area contributed by atoms with Gasteiger partial charge in [-0.1, -0.05) is 12.1 Å². The third-order valence-corrected chi connectivity index (χ3v) is 8.78. The highest BCUT2D eigenvalue weighted by Crippen LogP contribution is 2.41. The monoisotopic (exact) mass is 543 g/mol. The molecule has 1 fully saturated rings. The second-order valence-corrected chi connectivity index (χ2v) is 11.3. The molecule has 1 unspecified atom stereocenters. The van der Waals surface area contributed by atoms with E-state index in [0.717, 1.165) is 16.5 Å². The number of aromatic nitrogens is 2. The molecule has 1 aromatic heterocycles. The van der Waals surface area contributed by atoms with E-state index in [1.165, 1.54) is 16.7 Å². The molecule has 3 aromatic rings. The number of sulfonamides is 1. The number of rotatable bonds is 8. The van der Waals surface area contributed by atoms with E-state index in [-0.39, 0.29) is 28.5 Å². The van der Waals surface area contributed by atoms with Crippen LogP contribution >= 0.6 is 11.6 Å². The van der Waals surface area contributed by atoms with Gasteiger partial charge in [-0.3, -0.25) is 9.59 Å². The zero-order chi connectivity index (χ0) is 26.2. The van der Waals surface area contributed by atoms with Crippen LogP contribution in [-0.4, -0.2) is 67.9 Å². The largest absolute Gasteiger partial charge is 0.385 e. The Morgan fingerprint density at radius 3 is 2.76 bits per heavy atom. The van der Waals surface area contributed by atoms with E-state index in [1.54, 1.807) is 30.2 Å². The third-order valence-electron chi connectivity index (χ3n) is 6.76. The topological polar surface area (TPSA) is 122 Å². The summed E-state index contributed by atoms with van der Waals surface area (Å²) in [6, 6.07) is 9.11. The van der Waals surface area contributed by atoms with E-state index in [1.807, 2.05) is 12.1 Å². The van der Waals surface area contributed by atoms with Gasteiger partial charge < -0.3 is 15.0 Å². The molecular formula is C25H26ClN5O5S. The minimum Gasteiger partial charge on any atom is -0.385 e. The van der Waals surface area contributed by atoms with Crippen LogP contribution in [0.5, 0.6) is 0 Å². The number of nitrogens with zero attached hydrogens (tertiary/aromatic N) is 4. The summed E-state index contributed by atoms with van der Waals surface area (Å²) >= 11 is 5.69. The molecule has 2 aliphatic heterocycles. The molecule has 2 aliphatic rings. The molecule has 0 spiro atoms. The van der Waals surface area contributed by atoms with Gasteiger partial charge in [0.1, 0.15) is 4.90 Å². The van der Waals surface area contributed by atoms with Crippen molar-refractivity contribution in [3.05, 3.63) is 53.6 Å². The van der Waals surface area contributed by atoms with Gasteiger partial charge in [0.25, 0.3) is 5.91 Å². The molecule has 0 radical (unpaired) electrons. The van der Waals surface area contributed by atoms with Crippen LogP contribution in [0.25, 0.3) is 10.8 Å². The summed E-state index contributed by atoms with van der Waals surface area (Å²) in [7, 11) is -2.23. The summed E-state index contributed by atoms with van der Waals surface area (Å²) in [6.07, 6.45) is 4.14. The van der Waals surface area contributed by atoms with Crippen molar-refractivity contribution in [2.45, 2.75) is 24.2 Å². The number of nitrogens with one attached hydrogen (secondary N) is 1. The zero-order valence-corrected chi connectivity index (χ0v) is 21.8. The first kappa shape index (κ1) is 25.5. The fraction of sp³-hybridized carbons (Fsp3) is 0.360. The van der Waals surface area contributed by atoms with Crippen molar-refractivity contribution >= 4 is 55.6 Å². The summed E-state index contributed by atoms with van der Waals surface area (Å²) in [5, 5.41) is 4.52. The Kier molecular flexibility index (Phi) is 7.13. The molecule has 0 saturated carbocycles.